The Morgan fingerprint density at radius 3 is 2.50 bits per heavy atom. The monoisotopic (exact) mass is 331 g/mol. The van der Waals surface area contributed by atoms with Gasteiger partial charge in [0.1, 0.15) is 6.54 Å². The van der Waals surface area contributed by atoms with Crippen LogP contribution in [0, 0.1) is 6.92 Å². The number of hydrogen-bond acceptors (Lipinski definition) is 2. The van der Waals surface area contributed by atoms with Crippen LogP contribution in [0.15, 0.2) is 30.3 Å². The maximum Gasteiger partial charge on any atom is 0.435 e. The van der Waals surface area contributed by atoms with E-state index in [-0.39, 0.29) is 18.8 Å². The number of alkyl halides is 3. The van der Waals surface area contributed by atoms with Crippen LogP contribution in [-0.4, -0.2) is 15.7 Å². The number of carbonyl (C=O) groups is 1. The molecule has 4 nitrogen and oxygen atoms in total. The van der Waals surface area contributed by atoms with Gasteiger partial charge < -0.3 is 5.32 Å². The molecular weight excluding hydrogens is 319 g/mol. The number of halogens is 4. The first-order valence-electron chi connectivity index (χ1n) is 6.38. The van der Waals surface area contributed by atoms with E-state index in [0.29, 0.717) is 5.02 Å². The Kier molecular flexibility index (Phi) is 4.75. The smallest absolute Gasteiger partial charge is 0.350 e. The second kappa shape index (κ2) is 6.39. The van der Waals surface area contributed by atoms with Gasteiger partial charge in [-0.1, -0.05) is 23.7 Å². The molecule has 0 bridgehead atoms. The number of aryl methyl sites for hydroxylation is 1. The molecule has 0 saturated heterocycles. The minimum absolute atomic E-state index is 0.266. The molecular formula is C14H13ClF3N3O. The quantitative estimate of drug-likeness (QED) is 0.935. The lowest BCUT2D eigenvalue weighted by molar-refractivity contribution is -0.141. The van der Waals surface area contributed by atoms with E-state index in [1.165, 1.54) is 6.92 Å². The van der Waals surface area contributed by atoms with E-state index in [4.69, 9.17) is 11.6 Å². The molecule has 0 aliphatic carbocycles. The fourth-order valence-corrected chi connectivity index (χ4v) is 1.93. The summed E-state index contributed by atoms with van der Waals surface area (Å²) in [6.45, 7) is 1.46. The van der Waals surface area contributed by atoms with Crippen LogP contribution in [0.3, 0.4) is 0 Å². The Morgan fingerprint density at radius 2 is 1.95 bits per heavy atom. The summed E-state index contributed by atoms with van der Waals surface area (Å²) >= 11 is 5.75. The van der Waals surface area contributed by atoms with Gasteiger partial charge in [-0.2, -0.15) is 18.3 Å². The molecule has 1 heterocycles. The Labute approximate surface area is 129 Å². The number of amides is 1. The van der Waals surface area contributed by atoms with E-state index in [9.17, 15) is 18.0 Å². The van der Waals surface area contributed by atoms with E-state index >= 15 is 0 Å². The maximum atomic E-state index is 12.5. The molecule has 0 aliphatic rings. The molecule has 0 radical (unpaired) electrons. The molecule has 0 aliphatic heterocycles. The van der Waals surface area contributed by atoms with Crippen molar-refractivity contribution in [1.29, 1.82) is 0 Å². The molecule has 1 aromatic carbocycles. The van der Waals surface area contributed by atoms with Crippen LogP contribution in [0.5, 0.6) is 0 Å². The predicted octanol–water partition coefficient (Wildman–Crippen LogP) is 3.18. The number of hydrogen-bond donors (Lipinski definition) is 1. The Morgan fingerprint density at radius 1 is 1.32 bits per heavy atom. The maximum absolute atomic E-state index is 12.5. The minimum atomic E-state index is -4.52. The van der Waals surface area contributed by atoms with Crippen molar-refractivity contribution in [3.05, 3.63) is 52.3 Å². The summed E-state index contributed by atoms with van der Waals surface area (Å²) in [5.74, 6) is -0.421. The van der Waals surface area contributed by atoms with Gasteiger partial charge in [0.15, 0.2) is 5.69 Å². The van der Waals surface area contributed by atoms with Gasteiger partial charge >= 0.3 is 6.18 Å². The summed E-state index contributed by atoms with van der Waals surface area (Å²) < 4.78 is 38.6. The summed E-state index contributed by atoms with van der Waals surface area (Å²) in [5, 5.41) is 6.60. The second-order valence-corrected chi connectivity index (χ2v) is 5.17. The molecule has 1 N–H and O–H groups in total. The summed E-state index contributed by atoms with van der Waals surface area (Å²) in [7, 11) is 0. The number of aromatic nitrogens is 2. The molecule has 0 atom stereocenters. The van der Waals surface area contributed by atoms with Crippen LogP contribution in [-0.2, 0) is 24.1 Å². The SMILES string of the molecule is Cc1cc(C(F)(F)F)nn1CC(=O)NCc1ccc(Cl)cc1. The van der Waals surface area contributed by atoms with Crippen molar-refractivity contribution >= 4 is 17.5 Å². The first kappa shape index (κ1) is 16.4. The fourth-order valence-electron chi connectivity index (χ4n) is 1.80. The highest BCUT2D eigenvalue weighted by molar-refractivity contribution is 6.30. The van der Waals surface area contributed by atoms with Crippen LogP contribution >= 0.6 is 11.6 Å². The molecule has 1 aromatic heterocycles. The van der Waals surface area contributed by atoms with Crippen LogP contribution in [0.2, 0.25) is 5.02 Å². The van der Waals surface area contributed by atoms with Gasteiger partial charge in [-0.05, 0) is 30.7 Å². The van der Waals surface area contributed by atoms with E-state index in [1.807, 2.05) is 0 Å². The zero-order valence-electron chi connectivity index (χ0n) is 11.6. The van der Waals surface area contributed by atoms with Crippen molar-refractivity contribution in [2.45, 2.75) is 26.2 Å². The summed E-state index contributed by atoms with van der Waals surface area (Å²) in [5.41, 5.74) is 0.107. The van der Waals surface area contributed by atoms with Crippen molar-refractivity contribution in [3.8, 4) is 0 Å². The van der Waals surface area contributed by atoms with Gasteiger partial charge in [-0.15, -0.1) is 0 Å². The van der Waals surface area contributed by atoms with Gasteiger partial charge in [0.25, 0.3) is 0 Å². The first-order valence-corrected chi connectivity index (χ1v) is 6.76. The molecule has 0 saturated carbocycles. The number of nitrogens with one attached hydrogen (secondary N) is 1. The predicted molar refractivity (Wildman–Crippen MR) is 75.3 cm³/mol. The normalized spacial score (nSPS) is 11.5. The topological polar surface area (TPSA) is 46.9 Å². The number of nitrogens with zero attached hydrogens (tertiary/aromatic N) is 2. The van der Waals surface area contributed by atoms with Gasteiger partial charge in [-0.3, -0.25) is 9.48 Å². The van der Waals surface area contributed by atoms with Crippen LogP contribution < -0.4 is 5.32 Å². The lowest BCUT2D eigenvalue weighted by Gasteiger charge is -2.07. The van der Waals surface area contributed by atoms with E-state index in [2.05, 4.69) is 10.4 Å². The zero-order valence-corrected chi connectivity index (χ0v) is 12.4. The van der Waals surface area contributed by atoms with E-state index in [1.54, 1.807) is 24.3 Å². The molecule has 1 amide bonds. The Balaban J connectivity index is 1.95. The van der Waals surface area contributed by atoms with Crippen molar-refractivity contribution in [1.82, 2.24) is 15.1 Å². The van der Waals surface area contributed by atoms with Crippen molar-refractivity contribution < 1.29 is 18.0 Å². The molecule has 2 aromatic rings. The number of carbonyl (C=O) groups excluding carboxylic acids is 1. The number of rotatable bonds is 4. The van der Waals surface area contributed by atoms with Crippen molar-refractivity contribution in [2.75, 3.05) is 0 Å². The average molecular weight is 332 g/mol. The lowest BCUT2D eigenvalue weighted by Crippen LogP contribution is -2.28. The van der Waals surface area contributed by atoms with E-state index < -0.39 is 17.8 Å². The van der Waals surface area contributed by atoms with Gasteiger partial charge in [-0.25, -0.2) is 0 Å². The summed E-state index contributed by atoms with van der Waals surface area (Å²) in [4.78, 5) is 11.8. The molecule has 0 fully saturated rings. The number of benzene rings is 1. The standard InChI is InChI=1S/C14H13ClF3N3O/c1-9-6-12(14(16,17)18)20-21(9)8-13(22)19-7-10-2-4-11(15)5-3-10/h2-6H,7-8H2,1H3,(H,19,22). The van der Waals surface area contributed by atoms with Crippen molar-refractivity contribution in [2.24, 2.45) is 0 Å². The summed E-state index contributed by atoms with van der Waals surface area (Å²) in [6.07, 6.45) is -4.52. The Bertz CT molecular complexity index is 665. The zero-order chi connectivity index (χ0) is 16.3. The van der Waals surface area contributed by atoms with Gasteiger partial charge in [0.05, 0.1) is 0 Å². The molecule has 118 valence electrons. The lowest BCUT2D eigenvalue weighted by atomic mass is 10.2. The molecule has 22 heavy (non-hydrogen) atoms. The summed E-state index contributed by atoms with van der Waals surface area (Å²) in [6, 6.07) is 7.80. The molecule has 2 rings (SSSR count). The molecule has 8 heteroatoms. The van der Waals surface area contributed by atoms with Crippen molar-refractivity contribution in [3.63, 3.8) is 0 Å². The molecule has 0 unspecified atom stereocenters. The van der Waals surface area contributed by atoms with E-state index in [0.717, 1.165) is 16.3 Å². The third-order valence-corrected chi connectivity index (χ3v) is 3.22. The fraction of sp³-hybridized carbons (Fsp3) is 0.286. The highest BCUT2D eigenvalue weighted by Crippen LogP contribution is 2.28. The minimum Gasteiger partial charge on any atom is -0.350 e. The largest absolute Gasteiger partial charge is 0.435 e. The van der Waals surface area contributed by atoms with Gasteiger partial charge in [0, 0.05) is 17.3 Å². The molecule has 0 spiro atoms. The van der Waals surface area contributed by atoms with Gasteiger partial charge in [0.2, 0.25) is 5.91 Å². The first-order chi connectivity index (χ1) is 10.3. The van der Waals surface area contributed by atoms with Crippen LogP contribution in [0.4, 0.5) is 13.2 Å². The highest BCUT2D eigenvalue weighted by atomic mass is 35.5. The van der Waals surface area contributed by atoms with Crippen LogP contribution in [0.1, 0.15) is 17.0 Å². The highest BCUT2D eigenvalue weighted by Gasteiger charge is 2.34. The third-order valence-electron chi connectivity index (χ3n) is 2.97. The van der Waals surface area contributed by atoms with Crippen LogP contribution in [0.25, 0.3) is 0 Å². The average Bonchev–Trinajstić information content (AvgIpc) is 2.80. The Hall–Kier alpha value is -2.02. The second-order valence-electron chi connectivity index (χ2n) is 4.73. The third kappa shape index (κ3) is 4.24.